The van der Waals surface area contributed by atoms with Gasteiger partial charge in [0.15, 0.2) is 6.10 Å². The number of rotatable bonds is 35. The van der Waals surface area contributed by atoms with E-state index in [1.807, 2.05) is 0 Å². The van der Waals surface area contributed by atoms with Crippen molar-refractivity contribution in [2.75, 3.05) is 13.2 Å². The maximum absolute atomic E-state index is 12.8. The Balaban J connectivity index is 2.47. The van der Waals surface area contributed by atoms with E-state index in [1.54, 1.807) is 0 Å². The summed E-state index contributed by atoms with van der Waals surface area (Å²) in [6, 6.07) is 0. The number of carbonyl (C=O) groups is 2. The second-order valence-electron chi connectivity index (χ2n) is 15.2. The predicted molar refractivity (Wildman–Crippen MR) is 212 cm³/mol. The summed E-state index contributed by atoms with van der Waals surface area (Å²) in [6.45, 7) is 3.25. The summed E-state index contributed by atoms with van der Waals surface area (Å²) in [5.74, 6) is -1.10. The van der Waals surface area contributed by atoms with Crippen LogP contribution in [-0.2, 0) is 32.7 Å². The van der Waals surface area contributed by atoms with Crippen molar-refractivity contribution in [2.24, 2.45) is 0 Å². The smallest absolute Gasteiger partial charge is 0.462 e. The molecule has 0 spiro atoms. The van der Waals surface area contributed by atoms with Gasteiger partial charge >= 0.3 is 19.8 Å². The maximum atomic E-state index is 12.8. The number of esters is 2. The number of aliphatic hydroxyl groups is 5. The van der Waals surface area contributed by atoms with E-state index in [0.717, 1.165) is 51.4 Å². The van der Waals surface area contributed by atoms with Crippen molar-refractivity contribution >= 4 is 19.8 Å². The topological polar surface area (TPSA) is 210 Å². The number of hydrogen-bond donors (Lipinski definition) is 6. The first-order chi connectivity index (χ1) is 26.4. The van der Waals surface area contributed by atoms with E-state index in [0.29, 0.717) is 12.8 Å². The molecule has 0 aromatic rings. The summed E-state index contributed by atoms with van der Waals surface area (Å²) in [7, 11) is -5.11. The van der Waals surface area contributed by atoms with Gasteiger partial charge in [0.2, 0.25) is 0 Å². The predicted octanol–water partition coefficient (Wildman–Crippen LogP) is 7.50. The normalized spacial score (nSPS) is 23.1. The molecular formula is C41H77O13P. The van der Waals surface area contributed by atoms with E-state index in [-0.39, 0.29) is 12.8 Å². The van der Waals surface area contributed by atoms with Gasteiger partial charge in [0, 0.05) is 12.8 Å². The largest absolute Gasteiger partial charge is 0.472 e. The molecule has 1 aliphatic carbocycles. The third kappa shape index (κ3) is 25.5. The molecule has 1 aliphatic rings. The van der Waals surface area contributed by atoms with Gasteiger partial charge in [0.1, 0.15) is 43.2 Å². The van der Waals surface area contributed by atoms with Crippen molar-refractivity contribution < 1.29 is 63.1 Å². The van der Waals surface area contributed by atoms with Gasteiger partial charge in [-0.2, -0.15) is 0 Å². The van der Waals surface area contributed by atoms with Crippen molar-refractivity contribution in [3.8, 4) is 0 Å². The van der Waals surface area contributed by atoms with Crippen molar-refractivity contribution in [1.29, 1.82) is 0 Å². The first-order valence-electron chi connectivity index (χ1n) is 21.5. The van der Waals surface area contributed by atoms with Crippen LogP contribution in [0, 0.1) is 0 Å². The number of hydrogen-bond acceptors (Lipinski definition) is 12. The minimum absolute atomic E-state index is 0.0954. The summed E-state index contributed by atoms with van der Waals surface area (Å²) < 4.78 is 33.4. The van der Waals surface area contributed by atoms with Crippen molar-refractivity contribution in [3.63, 3.8) is 0 Å². The fourth-order valence-corrected chi connectivity index (χ4v) is 7.55. The van der Waals surface area contributed by atoms with E-state index >= 15 is 0 Å². The van der Waals surface area contributed by atoms with E-state index in [2.05, 4.69) is 26.0 Å². The Morgan fingerprint density at radius 1 is 0.545 bits per heavy atom. The monoisotopic (exact) mass is 809 g/mol. The van der Waals surface area contributed by atoms with Crippen LogP contribution in [0.25, 0.3) is 0 Å². The summed E-state index contributed by atoms with van der Waals surface area (Å²) in [4.78, 5) is 35.5. The van der Waals surface area contributed by atoms with Crippen LogP contribution in [0.1, 0.15) is 181 Å². The highest BCUT2D eigenvalue weighted by molar-refractivity contribution is 7.47. The molecule has 0 bridgehead atoms. The zero-order valence-electron chi connectivity index (χ0n) is 34.0. The molecule has 0 saturated heterocycles. The van der Waals surface area contributed by atoms with Crippen LogP contribution in [-0.4, -0.2) is 98.3 Å². The van der Waals surface area contributed by atoms with E-state index in [4.69, 9.17) is 18.5 Å². The number of ether oxygens (including phenoxy) is 2. The molecule has 1 rings (SSSR count). The highest BCUT2D eigenvalue weighted by Gasteiger charge is 2.51. The SMILES string of the molecule is CCCCCCCC/C=C\CCCCCCCCCC(=O)OC(COC(=O)CCCCCCCCCCC)COP(=O)(O)OC1C(O)C(O)C(O)C(O)C1O. The van der Waals surface area contributed by atoms with Crippen LogP contribution < -0.4 is 0 Å². The number of carbonyl (C=O) groups excluding carboxylic acids is 2. The molecule has 55 heavy (non-hydrogen) atoms. The number of phosphoric acid groups is 1. The van der Waals surface area contributed by atoms with Gasteiger partial charge in [-0.1, -0.05) is 142 Å². The molecule has 0 amide bonds. The molecular weight excluding hydrogens is 731 g/mol. The van der Waals surface area contributed by atoms with Crippen molar-refractivity contribution in [3.05, 3.63) is 12.2 Å². The Bertz CT molecular complexity index is 1030. The second-order valence-corrected chi connectivity index (χ2v) is 16.6. The Kier molecular flexibility index (Phi) is 30.5. The van der Waals surface area contributed by atoms with Gasteiger partial charge in [-0.3, -0.25) is 18.6 Å². The molecule has 1 fully saturated rings. The molecule has 6 atom stereocenters. The van der Waals surface area contributed by atoms with Crippen molar-refractivity contribution in [2.45, 2.75) is 224 Å². The average Bonchev–Trinajstić information content (AvgIpc) is 3.16. The first kappa shape index (κ1) is 51.6. The lowest BCUT2D eigenvalue weighted by Gasteiger charge is -2.41. The Morgan fingerprint density at radius 2 is 0.927 bits per heavy atom. The second kappa shape index (κ2) is 32.5. The highest BCUT2D eigenvalue weighted by Crippen LogP contribution is 2.47. The van der Waals surface area contributed by atoms with Gasteiger partial charge in [0.25, 0.3) is 0 Å². The fraction of sp³-hybridized carbons (Fsp3) is 0.902. The zero-order chi connectivity index (χ0) is 40.7. The number of allylic oxidation sites excluding steroid dienone is 2. The number of phosphoric ester groups is 1. The molecule has 1 saturated carbocycles. The third-order valence-corrected chi connectivity index (χ3v) is 11.1. The quantitative estimate of drug-likeness (QED) is 0.0159. The van der Waals surface area contributed by atoms with Crippen LogP contribution in [0.3, 0.4) is 0 Å². The molecule has 14 heteroatoms. The molecule has 324 valence electrons. The number of unbranched alkanes of at least 4 members (excludes halogenated alkanes) is 21. The lowest BCUT2D eigenvalue weighted by atomic mass is 9.85. The molecule has 6 unspecified atom stereocenters. The van der Waals surface area contributed by atoms with E-state index < -0.39 is 75.7 Å². The van der Waals surface area contributed by atoms with Gasteiger partial charge in [0.05, 0.1) is 6.61 Å². The van der Waals surface area contributed by atoms with E-state index in [9.17, 15) is 44.6 Å². The number of aliphatic hydroxyl groups excluding tert-OH is 5. The molecule has 0 aromatic heterocycles. The van der Waals surface area contributed by atoms with Crippen LogP contribution in [0.15, 0.2) is 12.2 Å². The fourth-order valence-electron chi connectivity index (χ4n) is 6.58. The third-order valence-electron chi connectivity index (χ3n) is 10.1. The maximum Gasteiger partial charge on any atom is 0.472 e. The minimum atomic E-state index is -5.11. The van der Waals surface area contributed by atoms with Crippen LogP contribution in [0.5, 0.6) is 0 Å². The lowest BCUT2D eigenvalue weighted by molar-refractivity contribution is -0.220. The average molecular weight is 809 g/mol. The zero-order valence-corrected chi connectivity index (χ0v) is 34.9. The lowest BCUT2D eigenvalue weighted by Crippen LogP contribution is -2.64. The first-order valence-corrected chi connectivity index (χ1v) is 23.0. The molecule has 6 N–H and O–H groups in total. The summed E-state index contributed by atoms with van der Waals surface area (Å²) >= 11 is 0. The Labute approximate surface area is 331 Å². The Hall–Kier alpha value is -1.41. The van der Waals surface area contributed by atoms with Crippen LogP contribution in [0.4, 0.5) is 0 Å². The van der Waals surface area contributed by atoms with Crippen LogP contribution >= 0.6 is 7.82 Å². The summed E-state index contributed by atoms with van der Waals surface area (Å²) in [5.41, 5.74) is 0. The highest BCUT2D eigenvalue weighted by atomic mass is 31.2. The van der Waals surface area contributed by atoms with Crippen molar-refractivity contribution in [1.82, 2.24) is 0 Å². The standard InChI is InChI=1S/C41H77O13P/c1-3-5-7-9-11-13-14-15-16-17-18-19-20-22-24-26-28-30-35(43)53-33(31-51-34(42)29-27-25-23-21-12-10-8-6-4-2)32-52-55(49,50)54-41-39(47)37(45)36(44)38(46)40(41)48/h15-16,33,36-41,44-48H,3-14,17-32H2,1-2H3,(H,49,50)/b16-15-. The molecule has 0 aliphatic heterocycles. The van der Waals surface area contributed by atoms with Gasteiger partial charge in [-0.05, 0) is 38.5 Å². The summed E-state index contributed by atoms with van der Waals surface area (Å²) in [6.07, 6.45) is 18.6. The molecule has 13 nitrogen and oxygen atoms in total. The Morgan fingerprint density at radius 3 is 1.38 bits per heavy atom. The minimum Gasteiger partial charge on any atom is -0.462 e. The molecule has 0 aromatic carbocycles. The molecule has 0 radical (unpaired) electrons. The van der Waals surface area contributed by atoms with Crippen LogP contribution in [0.2, 0.25) is 0 Å². The molecule has 0 heterocycles. The van der Waals surface area contributed by atoms with E-state index in [1.165, 1.54) is 89.9 Å². The van der Waals surface area contributed by atoms with Gasteiger partial charge in [-0.25, -0.2) is 4.57 Å². The van der Waals surface area contributed by atoms with Gasteiger partial charge in [-0.15, -0.1) is 0 Å². The summed E-state index contributed by atoms with van der Waals surface area (Å²) in [5, 5.41) is 50.0. The van der Waals surface area contributed by atoms with Gasteiger partial charge < -0.3 is 39.9 Å².